The molecule has 0 aliphatic heterocycles. The number of hydrogen-bond acceptors (Lipinski definition) is 4. The van der Waals surface area contributed by atoms with Gasteiger partial charge in [0.2, 0.25) is 0 Å². The van der Waals surface area contributed by atoms with Crippen molar-refractivity contribution in [1.29, 1.82) is 0 Å². The van der Waals surface area contributed by atoms with Crippen LogP contribution in [0, 0.1) is 0 Å². The van der Waals surface area contributed by atoms with E-state index in [1.54, 1.807) is 0 Å². The summed E-state index contributed by atoms with van der Waals surface area (Å²) in [5.41, 5.74) is 9.06. The molecule has 256 valence electrons. The van der Waals surface area contributed by atoms with Crippen molar-refractivity contribution < 1.29 is 4.42 Å². The Hall–Kier alpha value is -7.43. The Bertz CT molecular complexity index is 3260. The standard InChI is InChI=1S/C51H31N3O/c1-3-14-33(15-4-1)47-40-20-10-9-19-36(40)30-45-43-26-25-37(31-46(43)55-48(45)47)39-27-28-44(42-22-12-11-21-41(39)42)51-53-49(34-16-5-2-6-17-34)52-50(54-51)38-24-23-32-13-7-8-18-35(32)29-38/h1-31H. The maximum Gasteiger partial charge on any atom is 0.164 e. The maximum atomic E-state index is 6.82. The van der Waals surface area contributed by atoms with Gasteiger partial charge in [0.1, 0.15) is 11.2 Å². The third-order valence-electron chi connectivity index (χ3n) is 10.7. The number of furan rings is 1. The molecule has 0 bridgehead atoms. The molecule has 0 amide bonds. The van der Waals surface area contributed by atoms with Gasteiger partial charge in [0, 0.05) is 33.0 Å². The van der Waals surface area contributed by atoms with E-state index in [0.29, 0.717) is 17.5 Å². The van der Waals surface area contributed by atoms with Crippen LogP contribution in [0.25, 0.3) is 111 Å². The van der Waals surface area contributed by atoms with Gasteiger partial charge in [0.15, 0.2) is 17.5 Å². The summed E-state index contributed by atoms with van der Waals surface area (Å²) < 4.78 is 6.82. The molecule has 4 nitrogen and oxygen atoms in total. The second kappa shape index (κ2) is 12.6. The lowest BCUT2D eigenvalue weighted by Gasteiger charge is -2.13. The van der Waals surface area contributed by atoms with Crippen LogP contribution >= 0.6 is 0 Å². The third-order valence-corrected chi connectivity index (χ3v) is 10.7. The molecule has 9 aromatic carbocycles. The molecule has 0 spiro atoms. The summed E-state index contributed by atoms with van der Waals surface area (Å²) in [6, 6.07) is 65.7. The summed E-state index contributed by atoms with van der Waals surface area (Å²) >= 11 is 0. The predicted octanol–water partition coefficient (Wildman–Crippen LogP) is 13.6. The van der Waals surface area contributed by atoms with Crippen LogP contribution in [0.15, 0.2) is 192 Å². The molecule has 0 aliphatic rings. The third kappa shape index (κ3) is 5.26. The van der Waals surface area contributed by atoms with E-state index >= 15 is 0 Å². The fourth-order valence-corrected chi connectivity index (χ4v) is 8.05. The minimum atomic E-state index is 0.632. The number of rotatable bonds is 5. The quantitative estimate of drug-likeness (QED) is 0.179. The second-order valence-electron chi connectivity index (χ2n) is 14.0. The van der Waals surface area contributed by atoms with Gasteiger partial charge in [-0.3, -0.25) is 0 Å². The number of hydrogen-bond donors (Lipinski definition) is 0. The van der Waals surface area contributed by atoms with Gasteiger partial charge in [-0.25, -0.2) is 15.0 Å². The fourth-order valence-electron chi connectivity index (χ4n) is 8.05. The molecule has 0 saturated heterocycles. The van der Waals surface area contributed by atoms with Crippen molar-refractivity contribution >= 4 is 54.3 Å². The van der Waals surface area contributed by atoms with Gasteiger partial charge < -0.3 is 4.42 Å². The molecule has 11 aromatic rings. The SMILES string of the molecule is c1ccc(-c2nc(-c3ccc4ccccc4c3)nc(-c3ccc(-c4ccc5c(c4)oc4c(-c6ccccc6)c6ccccc6cc45)c4ccccc34)n2)cc1. The largest absolute Gasteiger partial charge is 0.455 e. The summed E-state index contributed by atoms with van der Waals surface area (Å²) in [6.07, 6.45) is 0. The van der Waals surface area contributed by atoms with Crippen molar-refractivity contribution in [1.82, 2.24) is 15.0 Å². The lowest BCUT2D eigenvalue weighted by atomic mass is 9.93. The van der Waals surface area contributed by atoms with Gasteiger partial charge in [-0.1, -0.05) is 158 Å². The average molecular weight is 702 g/mol. The van der Waals surface area contributed by atoms with Crippen LogP contribution in [0.2, 0.25) is 0 Å². The molecule has 0 atom stereocenters. The summed E-state index contributed by atoms with van der Waals surface area (Å²) in [7, 11) is 0. The van der Waals surface area contributed by atoms with E-state index in [9.17, 15) is 0 Å². The second-order valence-corrected chi connectivity index (χ2v) is 14.0. The number of aromatic nitrogens is 3. The summed E-state index contributed by atoms with van der Waals surface area (Å²) in [4.78, 5) is 15.3. The molecule has 0 fully saturated rings. The Balaban J connectivity index is 1.08. The Kier molecular flexibility index (Phi) is 7.14. The van der Waals surface area contributed by atoms with Crippen LogP contribution in [0.1, 0.15) is 0 Å². The molecule has 0 saturated carbocycles. The van der Waals surface area contributed by atoms with Crippen LogP contribution in [0.3, 0.4) is 0 Å². The molecule has 0 radical (unpaired) electrons. The smallest absolute Gasteiger partial charge is 0.164 e. The monoisotopic (exact) mass is 701 g/mol. The molecular weight excluding hydrogens is 671 g/mol. The lowest BCUT2D eigenvalue weighted by molar-refractivity contribution is 0.670. The fraction of sp³-hybridized carbons (Fsp3) is 0. The van der Waals surface area contributed by atoms with Crippen molar-refractivity contribution in [3.8, 4) is 56.4 Å². The van der Waals surface area contributed by atoms with Gasteiger partial charge in [0.05, 0.1) is 0 Å². The Morgan fingerprint density at radius 2 is 0.891 bits per heavy atom. The highest BCUT2D eigenvalue weighted by atomic mass is 16.3. The molecule has 0 unspecified atom stereocenters. The predicted molar refractivity (Wildman–Crippen MR) is 227 cm³/mol. The van der Waals surface area contributed by atoms with E-state index in [0.717, 1.165) is 77.0 Å². The average Bonchev–Trinajstić information content (AvgIpc) is 3.62. The zero-order valence-electron chi connectivity index (χ0n) is 29.6. The number of nitrogens with zero attached hydrogens (tertiary/aromatic N) is 3. The van der Waals surface area contributed by atoms with E-state index in [1.807, 2.05) is 30.3 Å². The Labute approximate surface area is 317 Å². The first kappa shape index (κ1) is 31.1. The highest BCUT2D eigenvalue weighted by molar-refractivity contribution is 6.19. The molecule has 4 heteroatoms. The van der Waals surface area contributed by atoms with E-state index in [1.165, 1.54) is 16.2 Å². The lowest BCUT2D eigenvalue weighted by Crippen LogP contribution is -2.00. The van der Waals surface area contributed by atoms with Gasteiger partial charge in [0.25, 0.3) is 0 Å². The minimum absolute atomic E-state index is 0.632. The first-order valence-corrected chi connectivity index (χ1v) is 18.5. The molecule has 0 aliphatic carbocycles. The highest BCUT2D eigenvalue weighted by Crippen LogP contribution is 2.43. The van der Waals surface area contributed by atoms with Crippen molar-refractivity contribution in [3.63, 3.8) is 0 Å². The molecule has 0 N–H and O–H groups in total. The van der Waals surface area contributed by atoms with Crippen LogP contribution < -0.4 is 0 Å². The zero-order chi connectivity index (χ0) is 36.3. The number of benzene rings is 9. The zero-order valence-corrected chi connectivity index (χ0v) is 29.6. The molecular formula is C51H31N3O. The van der Waals surface area contributed by atoms with Crippen molar-refractivity contribution in [3.05, 3.63) is 188 Å². The molecule has 2 heterocycles. The van der Waals surface area contributed by atoms with E-state index < -0.39 is 0 Å². The van der Waals surface area contributed by atoms with Gasteiger partial charge in [-0.2, -0.15) is 0 Å². The van der Waals surface area contributed by atoms with Crippen LogP contribution in [0.5, 0.6) is 0 Å². The topological polar surface area (TPSA) is 51.8 Å². The molecule has 55 heavy (non-hydrogen) atoms. The van der Waals surface area contributed by atoms with Gasteiger partial charge in [-0.05, 0) is 79.3 Å². The first-order chi connectivity index (χ1) is 27.2. The minimum Gasteiger partial charge on any atom is -0.455 e. The van der Waals surface area contributed by atoms with Crippen molar-refractivity contribution in [2.75, 3.05) is 0 Å². The summed E-state index contributed by atoms with van der Waals surface area (Å²) in [5, 5.41) is 9.09. The molecule has 11 rings (SSSR count). The maximum absolute atomic E-state index is 6.82. The molecule has 2 aromatic heterocycles. The van der Waals surface area contributed by atoms with E-state index in [4.69, 9.17) is 19.4 Å². The highest BCUT2D eigenvalue weighted by Gasteiger charge is 2.19. The van der Waals surface area contributed by atoms with Crippen LogP contribution in [0.4, 0.5) is 0 Å². The normalized spacial score (nSPS) is 11.6. The van der Waals surface area contributed by atoms with Gasteiger partial charge >= 0.3 is 0 Å². The Morgan fingerprint density at radius 1 is 0.309 bits per heavy atom. The van der Waals surface area contributed by atoms with E-state index in [2.05, 4.69) is 158 Å². The van der Waals surface area contributed by atoms with Crippen LogP contribution in [-0.2, 0) is 0 Å². The van der Waals surface area contributed by atoms with Crippen molar-refractivity contribution in [2.24, 2.45) is 0 Å². The van der Waals surface area contributed by atoms with Crippen LogP contribution in [-0.4, -0.2) is 15.0 Å². The van der Waals surface area contributed by atoms with Crippen molar-refractivity contribution in [2.45, 2.75) is 0 Å². The first-order valence-electron chi connectivity index (χ1n) is 18.5. The summed E-state index contributed by atoms with van der Waals surface area (Å²) in [6.45, 7) is 0. The number of fused-ring (bicyclic) bond motifs is 6. The van der Waals surface area contributed by atoms with E-state index in [-0.39, 0.29) is 0 Å². The van der Waals surface area contributed by atoms with Gasteiger partial charge in [-0.15, -0.1) is 0 Å². The Morgan fingerprint density at radius 3 is 1.67 bits per heavy atom. The summed E-state index contributed by atoms with van der Waals surface area (Å²) in [5.74, 6) is 1.91.